The maximum absolute atomic E-state index is 10.9. The summed E-state index contributed by atoms with van der Waals surface area (Å²) < 4.78 is 0. The highest BCUT2D eigenvalue weighted by atomic mass is 16.1. The third-order valence-corrected chi connectivity index (χ3v) is 1.91. The van der Waals surface area contributed by atoms with Crippen molar-refractivity contribution in [2.24, 2.45) is 5.73 Å². The molecule has 0 aliphatic heterocycles. The van der Waals surface area contributed by atoms with Crippen molar-refractivity contribution in [2.75, 3.05) is 5.73 Å². The number of amides is 1. The number of anilines is 1. The minimum absolute atomic E-state index is 0.149. The lowest BCUT2D eigenvalue weighted by Gasteiger charge is -2.02. The number of aromatic nitrogens is 2. The Balaban J connectivity index is 2.77. The van der Waals surface area contributed by atoms with Crippen LogP contribution in [0.5, 0.6) is 0 Å². The average Bonchev–Trinajstić information content (AvgIpc) is 2.16. The molecule has 70 valence electrons. The first-order valence-corrected chi connectivity index (χ1v) is 3.98. The summed E-state index contributed by atoms with van der Waals surface area (Å²) in [5, 5.41) is 0.746. The van der Waals surface area contributed by atoms with Crippen LogP contribution in [0.25, 0.3) is 10.9 Å². The number of nitrogens with zero attached hydrogens (tertiary/aromatic N) is 2. The predicted molar refractivity (Wildman–Crippen MR) is 52.5 cm³/mol. The summed E-state index contributed by atoms with van der Waals surface area (Å²) >= 11 is 0. The Morgan fingerprint density at radius 3 is 2.93 bits per heavy atom. The van der Waals surface area contributed by atoms with Crippen LogP contribution in [-0.2, 0) is 0 Å². The van der Waals surface area contributed by atoms with E-state index in [0.29, 0.717) is 5.52 Å². The first kappa shape index (κ1) is 8.43. The van der Waals surface area contributed by atoms with E-state index in [1.165, 1.54) is 0 Å². The highest BCUT2D eigenvalue weighted by Gasteiger charge is 2.08. The van der Waals surface area contributed by atoms with Crippen molar-refractivity contribution in [3.63, 3.8) is 0 Å². The predicted octanol–water partition coefficient (Wildman–Crippen LogP) is 0.311. The van der Waals surface area contributed by atoms with Crippen molar-refractivity contribution in [2.45, 2.75) is 0 Å². The van der Waals surface area contributed by atoms with Crippen molar-refractivity contribution in [3.05, 3.63) is 30.1 Å². The van der Waals surface area contributed by atoms with Crippen molar-refractivity contribution in [1.29, 1.82) is 0 Å². The lowest BCUT2D eigenvalue weighted by atomic mass is 10.2. The molecule has 2 heterocycles. The molecule has 4 N–H and O–H groups in total. The first-order valence-electron chi connectivity index (χ1n) is 3.98. The van der Waals surface area contributed by atoms with Gasteiger partial charge in [-0.05, 0) is 12.1 Å². The molecule has 14 heavy (non-hydrogen) atoms. The molecule has 5 nitrogen and oxygen atoms in total. The Morgan fingerprint density at radius 2 is 2.21 bits per heavy atom. The number of carbonyl (C=O) groups is 1. The Labute approximate surface area is 79.8 Å². The fraction of sp³-hybridized carbons (Fsp3) is 0. The van der Waals surface area contributed by atoms with Gasteiger partial charge >= 0.3 is 0 Å². The van der Waals surface area contributed by atoms with E-state index >= 15 is 0 Å². The number of nitrogen functional groups attached to an aromatic ring is 1. The topological polar surface area (TPSA) is 94.9 Å². The van der Waals surface area contributed by atoms with Gasteiger partial charge in [0.05, 0.1) is 11.1 Å². The first-order chi connectivity index (χ1) is 6.68. The smallest absolute Gasteiger partial charge is 0.252 e. The quantitative estimate of drug-likeness (QED) is 0.673. The van der Waals surface area contributed by atoms with E-state index in [2.05, 4.69) is 9.97 Å². The number of primary amides is 1. The summed E-state index contributed by atoms with van der Waals surface area (Å²) in [4.78, 5) is 18.9. The van der Waals surface area contributed by atoms with E-state index in [1.807, 2.05) is 0 Å². The SMILES string of the molecule is NC(=O)c1cc2cnccc2nc1N. The van der Waals surface area contributed by atoms with Crippen LogP contribution >= 0.6 is 0 Å². The summed E-state index contributed by atoms with van der Waals surface area (Å²) in [6.07, 6.45) is 3.22. The van der Waals surface area contributed by atoms with Gasteiger partial charge in [0, 0.05) is 17.8 Å². The van der Waals surface area contributed by atoms with Gasteiger partial charge in [-0.15, -0.1) is 0 Å². The zero-order valence-corrected chi connectivity index (χ0v) is 7.27. The Bertz CT molecular complexity index is 509. The zero-order chi connectivity index (χ0) is 10.1. The van der Waals surface area contributed by atoms with Gasteiger partial charge in [0.2, 0.25) is 0 Å². The normalized spacial score (nSPS) is 10.3. The molecule has 5 heteroatoms. The Kier molecular flexibility index (Phi) is 1.78. The van der Waals surface area contributed by atoms with Gasteiger partial charge < -0.3 is 11.5 Å². The second-order valence-electron chi connectivity index (χ2n) is 2.85. The maximum atomic E-state index is 10.9. The molecule has 0 saturated carbocycles. The fourth-order valence-electron chi connectivity index (χ4n) is 1.23. The maximum Gasteiger partial charge on any atom is 0.252 e. The molecule has 0 atom stereocenters. The number of pyridine rings is 2. The van der Waals surface area contributed by atoms with Gasteiger partial charge in [-0.1, -0.05) is 0 Å². The molecule has 2 aromatic rings. The number of hydrogen-bond acceptors (Lipinski definition) is 4. The van der Waals surface area contributed by atoms with E-state index in [-0.39, 0.29) is 11.4 Å². The van der Waals surface area contributed by atoms with Crippen LogP contribution in [0.4, 0.5) is 5.82 Å². The summed E-state index contributed by atoms with van der Waals surface area (Å²) in [6.45, 7) is 0. The van der Waals surface area contributed by atoms with Gasteiger partial charge in [-0.2, -0.15) is 0 Å². The van der Waals surface area contributed by atoms with E-state index in [4.69, 9.17) is 11.5 Å². The summed E-state index contributed by atoms with van der Waals surface area (Å²) in [5.74, 6) is -0.433. The lowest BCUT2D eigenvalue weighted by Crippen LogP contribution is -2.14. The largest absolute Gasteiger partial charge is 0.383 e. The van der Waals surface area contributed by atoms with Crippen LogP contribution in [0.3, 0.4) is 0 Å². The van der Waals surface area contributed by atoms with Crippen molar-refractivity contribution >= 4 is 22.6 Å². The highest BCUT2D eigenvalue weighted by molar-refractivity contribution is 6.00. The molecule has 2 aromatic heterocycles. The van der Waals surface area contributed by atoms with Crippen molar-refractivity contribution in [3.8, 4) is 0 Å². The molecule has 2 rings (SSSR count). The molecule has 0 saturated heterocycles. The fourth-order valence-corrected chi connectivity index (χ4v) is 1.23. The second kappa shape index (κ2) is 2.95. The molecule has 0 unspecified atom stereocenters. The zero-order valence-electron chi connectivity index (χ0n) is 7.27. The summed E-state index contributed by atoms with van der Waals surface area (Å²) in [6, 6.07) is 3.31. The molecule has 0 aliphatic carbocycles. The van der Waals surface area contributed by atoms with Gasteiger partial charge in [-0.3, -0.25) is 9.78 Å². The Hall–Kier alpha value is -2.17. The van der Waals surface area contributed by atoms with Crippen LogP contribution in [0, 0.1) is 0 Å². The minimum atomic E-state index is -0.583. The van der Waals surface area contributed by atoms with Crippen LogP contribution in [0.2, 0.25) is 0 Å². The molecule has 0 radical (unpaired) electrons. The Morgan fingerprint density at radius 1 is 1.43 bits per heavy atom. The van der Waals surface area contributed by atoms with Crippen LogP contribution in [0.1, 0.15) is 10.4 Å². The van der Waals surface area contributed by atoms with Crippen molar-refractivity contribution < 1.29 is 4.79 Å². The van der Waals surface area contributed by atoms with Crippen molar-refractivity contribution in [1.82, 2.24) is 9.97 Å². The highest BCUT2D eigenvalue weighted by Crippen LogP contribution is 2.16. The molecule has 0 aliphatic rings. The summed E-state index contributed by atoms with van der Waals surface area (Å²) in [5.41, 5.74) is 11.6. The number of fused-ring (bicyclic) bond motifs is 1. The van der Waals surface area contributed by atoms with E-state index in [0.717, 1.165) is 5.39 Å². The molecule has 1 amide bonds. The molecule has 0 bridgehead atoms. The standard InChI is InChI=1S/C9H8N4O/c10-8-6(9(11)14)3-5-4-12-2-1-7(5)13-8/h1-4H,(H2,10,13)(H2,11,14). The second-order valence-corrected chi connectivity index (χ2v) is 2.85. The monoisotopic (exact) mass is 188 g/mol. The third-order valence-electron chi connectivity index (χ3n) is 1.91. The van der Waals surface area contributed by atoms with Gasteiger partial charge in [0.25, 0.3) is 5.91 Å². The summed E-state index contributed by atoms with van der Waals surface area (Å²) in [7, 11) is 0. The number of carbonyl (C=O) groups excluding carboxylic acids is 1. The number of nitrogens with two attached hydrogens (primary N) is 2. The molecule has 0 spiro atoms. The van der Waals surface area contributed by atoms with Gasteiger partial charge in [0.15, 0.2) is 0 Å². The molecular weight excluding hydrogens is 180 g/mol. The number of rotatable bonds is 1. The van der Waals surface area contributed by atoms with Crippen LogP contribution in [-0.4, -0.2) is 15.9 Å². The van der Waals surface area contributed by atoms with Gasteiger partial charge in [-0.25, -0.2) is 4.98 Å². The van der Waals surface area contributed by atoms with Crippen LogP contribution in [0.15, 0.2) is 24.5 Å². The van der Waals surface area contributed by atoms with Crippen LogP contribution < -0.4 is 11.5 Å². The molecule has 0 fully saturated rings. The van der Waals surface area contributed by atoms with E-state index in [9.17, 15) is 4.79 Å². The van der Waals surface area contributed by atoms with E-state index in [1.54, 1.807) is 24.5 Å². The van der Waals surface area contributed by atoms with Gasteiger partial charge in [0.1, 0.15) is 5.82 Å². The minimum Gasteiger partial charge on any atom is -0.383 e. The lowest BCUT2D eigenvalue weighted by molar-refractivity contribution is 0.100. The molecule has 0 aromatic carbocycles. The molecular formula is C9H8N4O. The third kappa shape index (κ3) is 1.24. The average molecular weight is 188 g/mol. The van der Waals surface area contributed by atoms with E-state index < -0.39 is 5.91 Å². The number of hydrogen-bond donors (Lipinski definition) is 2.